The molecule has 208 valence electrons. The van der Waals surface area contributed by atoms with Crippen LogP contribution in [0.5, 0.6) is 0 Å². The van der Waals surface area contributed by atoms with Crippen LogP contribution in [0.2, 0.25) is 0 Å². The third-order valence-electron chi connectivity index (χ3n) is 6.91. The number of amides is 2. The van der Waals surface area contributed by atoms with Crippen molar-refractivity contribution in [3.63, 3.8) is 0 Å². The van der Waals surface area contributed by atoms with Crippen LogP contribution >= 0.6 is 11.8 Å². The second-order valence-corrected chi connectivity index (χ2v) is 10.6. The zero-order chi connectivity index (χ0) is 27.4. The molecular weight excluding hydrogens is 535 g/mol. The normalized spacial score (nSPS) is 17.9. The molecule has 10 nitrogen and oxygen atoms in total. The minimum Gasteiger partial charge on any atom is -0.351 e. The predicted octanol–water partition coefficient (Wildman–Crippen LogP) is 3.63. The molecule has 2 aromatic carbocycles. The number of hydrogen-bond acceptors (Lipinski definition) is 8. The number of hydroxylamine groups is 2. The summed E-state index contributed by atoms with van der Waals surface area (Å²) in [5.41, 5.74) is -1.66. The lowest BCUT2D eigenvalue weighted by Crippen LogP contribution is -2.54. The molecule has 2 saturated heterocycles. The monoisotopic (exact) mass is 563 g/mol. The van der Waals surface area contributed by atoms with Gasteiger partial charge in [-0.2, -0.15) is 28.6 Å². The molecule has 0 unspecified atom stereocenters. The number of carbonyl (C=O) groups is 2. The van der Waals surface area contributed by atoms with Crippen molar-refractivity contribution >= 4 is 34.8 Å². The third-order valence-corrected chi connectivity index (χ3v) is 7.65. The van der Waals surface area contributed by atoms with Crippen LogP contribution in [0.3, 0.4) is 0 Å². The summed E-state index contributed by atoms with van der Waals surface area (Å²) in [5.74, 6) is -0.00118. The maximum absolute atomic E-state index is 13.0. The number of fused-ring (bicyclic) bond motifs is 1. The zero-order valence-corrected chi connectivity index (χ0v) is 21.8. The number of hydrogen-bond donors (Lipinski definition) is 2. The maximum atomic E-state index is 13.0. The lowest BCUT2D eigenvalue weighted by atomic mass is 10.0. The molecule has 1 aromatic heterocycles. The van der Waals surface area contributed by atoms with Crippen LogP contribution in [0, 0.1) is 0 Å². The van der Waals surface area contributed by atoms with Crippen LogP contribution in [0.1, 0.15) is 28.8 Å². The molecule has 2 aliphatic heterocycles. The fourth-order valence-corrected chi connectivity index (χ4v) is 5.42. The Kier molecular flexibility index (Phi) is 8.23. The van der Waals surface area contributed by atoms with Gasteiger partial charge in [0.15, 0.2) is 0 Å². The first-order valence-corrected chi connectivity index (χ1v) is 13.4. The van der Waals surface area contributed by atoms with Gasteiger partial charge in [-0.3, -0.25) is 9.69 Å². The van der Waals surface area contributed by atoms with E-state index in [0.717, 1.165) is 31.4 Å². The van der Waals surface area contributed by atoms with E-state index in [1.807, 2.05) is 4.90 Å². The van der Waals surface area contributed by atoms with Crippen LogP contribution in [-0.2, 0) is 11.4 Å². The molecule has 3 aromatic rings. The molecule has 3 heterocycles. The number of carbonyl (C=O) groups excluding carboxylic acids is 2. The number of thioether (sulfide) groups is 1. The molecule has 2 N–H and O–H groups in total. The van der Waals surface area contributed by atoms with Crippen LogP contribution in [0.25, 0.3) is 11.0 Å². The summed E-state index contributed by atoms with van der Waals surface area (Å²) in [4.78, 5) is 34.9. The summed E-state index contributed by atoms with van der Waals surface area (Å²) in [5, 5.41) is 14.9. The summed E-state index contributed by atoms with van der Waals surface area (Å²) in [7, 11) is 0. The van der Waals surface area contributed by atoms with Gasteiger partial charge in [0.1, 0.15) is 11.0 Å². The van der Waals surface area contributed by atoms with Crippen molar-refractivity contribution in [2.24, 2.45) is 0 Å². The van der Waals surface area contributed by atoms with Crippen LogP contribution in [0.15, 0.2) is 47.4 Å². The van der Waals surface area contributed by atoms with E-state index in [2.05, 4.69) is 25.6 Å². The van der Waals surface area contributed by atoms with E-state index in [-0.39, 0.29) is 29.1 Å². The minimum absolute atomic E-state index is 0.00118. The maximum Gasteiger partial charge on any atom is 0.446 e. The van der Waals surface area contributed by atoms with Crippen LogP contribution in [-0.4, -0.2) is 93.1 Å². The molecule has 39 heavy (non-hydrogen) atoms. The van der Waals surface area contributed by atoms with Gasteiger partial charge in [0, 0.05) is 62.3 Å². The summed E-state index contributed by atoms with van der Waals surface area (Å²) in [6, 6.07) is 11.5. The molecule has 0 atom stereocenters. The number of nitrogens with one attached hydrogen (secondary N) is 2. The number of likely N-dealkylation sites (tertiary alicyclic amines) is 1. The number of piperidine rings is 1. The average Bonchev–Trinajstić information content (AvgIpc) is 3.40. The van der Waals surface area contributed by atoms with Crippen molar-refractivity contribution in [1.29, 1.82) is 0 Å². The molecule has 5 rings (SSSR count). The smallest absolute Gasteiger partial charge is 0.351 e. The van der Waals surface area contributed by atoms with E-state index < -0.39 is 11.6 Å². The first-order chi connectivity index (χ1) is 18.7. The average molecular weight is 564 g/mol. The Morgan fingerprint density at radius 1 is 0.974 bits per heavy atom. The van der Waals surface area contributed by atoms with Crippen molar-refractivity contribution < 1.29 is 27.6 Å². The molecular formula is C25H28F3N7O3S. The van der Waals surface area contributed by atoms with E-state index in [1.54, 1.807) is 35.4 Å². The van der Waals surface area contributed by atoms with Crippen molar-refractivity contribution in [3.05, 3.63) is 53.6 Å². The van der Waals surface area contributed by atoms with Gasteiger partial charge in [0.05, 0.1) is 0 Å². The van der Waals surface area contributed by atoms with E-state index >= 15 is 0 Å². The summed E-state index contributed by atoms with van der Waals surface area (Å²) >= 11 is -0.177. The lowest BCUT2D eigenvalue weighted by Gasteiger charge is -2.42. The molecule has 0 saturated carbocycles. The van der Waals surface area contributed by atoms with Gasteiger partial charge in [-0.15, -0.1) is 5.06 Å². The van der Waals surface area contributed by atoms with Gasteiger partial charge in [0.25, 0.3) is 5.91 Å². The fraction of sp³-hybridized carbons (Fsp3) is 0.440. The Bertz CT molecular complexity index is 1290. The Morgan fingerprint density at radius 2 is 1.67 bits per heavy atom. The molecule has 2 amide bonds. The molecule has 2 fully saturated rings. The minimum atomic E-state index is -4.33. The molecule has 0 spiro atoms. The topological polar surface area (TPSA) is 107 Å². The summed E-state index contributed by atoms with van der Waals surface area (Å²) in [6.07, 6.45) is 1.15. The highest BCUT2D eigenvalue weighted by atomic mass is 32.2. The third kappa shape index (κ3) is 7.19. The summed E-state index contributed by atoms with van der Waals surface area (Å²) in [6.45, 7) is 4.12. The molecule has 0 bridgehead atoms. The first kappa shape index (κ1) is 27.2. The van der Waals surface area contributed by atoms with E-state index in [0.29, 0.717) is 48.9 Å². The van der Waals surface area contributed by atoms with Gasteiger partial charge in [-0.1, -0.05) is 12.1 Å². The van der Waals surface area contributed by atoms with Gasteiger partial charge in [0.2, 0.25) is 0 Å². The quantitative estimate of drug-likeness (QED) is 0.438. The second-order valence-electron chi connectivity index (χ2n) is 9.44. The van der Waals surface area contributed by atoms with Crippen molar-refractivity contribution in [1.82, 2.24) is 35.6 Å². The van der Waals surface area contributed by atoms with Crippen molar-refractivity contribution in [2.75, 3.05) is 39.3 Å². The van der Waals surface area contributed by atoms with Gasteiger partial charge < -0.3 is 15.1 Å². The number of rotatable bonds is 6. The number of aromatic nitrogens is 3. The van der Waals surface area contributed by atoms with Crippen molar-refractivity contribution in [2.45, 2.75) is 35.8 Å². The Morgan fingerprint density at radius 3 is 2.36 bits per heavy atom. The number of halogens is 3. The second kappa shape index (κ2) is 11.8. The highest BCUT2D eigenvalue weighted by Gasteiger charge is 2.31. The number of alkyl halides is 3. The Labute approximate surface area is 226 Å². The van der Waals surface area contributed by atoms with Crippen LogP contribution in [0.4, 0.5) is 18.0 Å². The summed E-state index contributed by atoms with van der Waals surface area (Å²) < 4.78 is 37.3. The highest BCUT2D eigenvalue weighted by molar-refractivity contribution is 8.00. The molecule has 0 radical (unpaired) electrons. The van der Waals surface area contributed by atoms with Gasteiger partial charge in [-0.25, -0.2) is 4.79 Å². The van der Waals surface area contributed by atoms with Crippen LogP contribution < -0.4 is 5.32 Å². The lowest BCUT2D eigenvalue weighted by molar-refractivity contribution is -0.128. The largest absolute Gasteiger partial charge is 0.446 e. The van der Waals surface area contributed by atoms with E-state index in [1.165, 1.54) is 12.1 Å². The zero-order valence-electron chi connectivity index (χ0n) is 21.0. The SMILES string of the molecule is O=C(NCc1ccc(SC(F)(F)F)cc1)ON1CCN(C2CCN(C(=O)c3ccc4n[nH]nc4c3)CC2)CC1. The predicted molar refractivity (Wildman–Crippen MR) is 138 cm³/mol. The number of piperazine rings is 1. The Hall–Kier alpha value is -3.36. The number of benzene rings is 2. The highest BCUT2D eigenvalue weighted by Crippen LogP contribution is 2.36. The number of nitrogens with zero attached hydrogens (tertiary/aromatic N) is 5. The first-order valence-electron chi connectivity index (χ1n) is 12.6. The van der Waals surface area contributed by atoms with E-state index in [4.69, 9.17) is 4.84 Å². The standard InChI is InChI=1S/C25H28F3N7O3S/c26-25(27,28)39-20-4-1-17(2-5-20)16-29-24(37)38-35-13-11-33(12-14-35)19-7-9-34(10-8-19)23(36)18-3-6-21-22(15-18)31-32-30-21/h1-6,15,19H,7-14,16H2,(H,29,37)(H,30,31,32). The molecule has 0 aliphatic carbocycles. The molecule has 2 aliphatic rings. The van der Waals surface area contributed by atoms with Gasteiger partial charge >= 0.3 is 11.6 Å². The van der Waals surface area contributed by atoms with Crippen molar-refractivity contribution in [3.8, 4) is 0 Å². The number of H-pyrrole nitrogens is 1. The fourth-order valence-electron chi connectivity index (χ4n) is 4.88. The molecule has 14 heteroatoms. The van der Waals surface area contributed by atoms with E-state index in [9.17, 15) is 22.8 Å². The number of aromatic amines is 1. The van der Waals surface area contributed by atoms with Gasteiger partial charge in [-0.05, 0) is 60.5 Å². The Balaban J connectivity index is 1.01.